The van der Waals surface area contributed by atoms with E-state index in [0.29, 0.717) is 65.5 Å². The maximum atomic E-state index is 14.1. The lowest BCUT2D eigenvalue weighted by molar-refractivity contribution is -0.119. The molecule has 5 nitrogen and oxygen atoms in total. The first-order chi connectivity index (χ1) is 18.9. The summed E-state index contributed by atoms with van der Waals surface area (Å²) >= 11 is 10.5. The van der Waals surface area contributed by atoms with Crippen LogP contribution in [0.5, 0.6) is 11.5 Å². The molecule has 2 aliphatic carbocycles. The van der Waals surface area contributed by atoms with Gasteiger partial charge in [-0.3, -0.25) is 9.59 Å². The van der Waals surface area contributed by atoms with Gasteiger partial charge in [-0.25, -0.2) is 0 Å². The number of anilines is 1. The molecule has 0 atom stereocenters. The van der Waals surface area contributed by atoms with E-state index >= 15 is 0 Å². The van der Waals surface area contributed by atoms with Crippen LogP contribution in [0.3, 0.4) is 0 Å². The SMILES string of the molecule is CCCOc1cc(Cl)c(C2C3=C(CC(C)(C)CC3=O)N(c3ccc(Br)cc3)C3=C2C(=O)CC(C)(C)C3)cc1OC. The van der Waals surface area contributed by atoms with E-state index in [1.54, 1.807) is 13.2 Å². The maximum Gasteiger partial charge on any atom is 0.162 e. The van der Waals surface area contributed by atoms with Crippen LogP contribution in [0.25, 0.3) is 0 Å². The molecule has 0 bridgehead atoms. The number of ketones is 2. The number of methoxy groups -OCH3 is 1. The molecule has 0 N–H and O–H groups in total. The molecule has 1 aliphatic heterocycles. The van der Waals surface area contributed by atoms with E-state index in [-0.39, 0.29) is 22.4 Å². The summed E-state index contributed by atoms with van der Waals surface area (Å²) in [6, 6.07) is 11.7. The Hall–Kier alpha value is -2.57. The van der Waals surface area contributed by atoms with Gasteiger partial charge in [-0.15, -0.1) is 0 Å². The van der Waals surface area contributed by atoms with Gasteiger partial charge < -0.3 is 14.4 Å². The van der Waals surface area contributed by atoms with Crippen LogP contribution in [0.15, 0.2) is 63.4 Å². The minimum absolute atomic E-state index is 0.0592. The van der Waals surface area contributed by atoms with Gasteiger partial charge >= 0.3 is 0 Å². The Bertz CT molecular complexity index is 1380. The molecule has 0 amide bonds. The van der Waals surface area contributed by atoms with E-state index in [4.69, 9.17) is 21.1 Å². The molecule has 2 aromatic rings. The van der Waals surface area contributed by atoms with Gasteiger partial charge in [-0.1, -0.05) is 62.1 Å². The monoisotopic (exact) mass is 625 g/mol. The highest BCUT2D eigenvalue weighted by molar-refractivity contribution is 9.10. The summed E-state index contributed by atoms with van der Waals surface area (Å²) in [4.78, 5) is 30.4. The number of ether oxygens (including phenoxy) is 2. The van der Waals surface area contributed by atoms with Gasteiger partial charge in [-0.2, -0.15) is 0 Å². The summed E-state index contributed by atoms with van der Waals surface area (Å²) in [5, 5.41) is 0.461. The molecule has 0 aromatic heterocycles. The molecule has 40 heavy (non-hydrogen) atoms. The largest absolute Gasteiger partial charge is 0.493 e. The maximum absolute atomic E-state index is 14.1. The van der Waals surface area contributed by atoms with Gasteiger partial charge in [0.15, 0.2) is 23.1 Å². The number of carbonyl (C=O) groups is 2. The summed E-state index contributed by atoms with van der Waals surface area (Å²) in [5.74, 6) is 0.652. The van der Waals surface area contributed by atoms with Gasteiger partial charge in [0.05, 0.1) is 13.7 Å². The molecule has 0 saturated carbocycles. The molecule has 212 valence electrons. The first-order valence-electron chi connectivity index (χ1n) is 13.9. The second kappa shape index (κ2) is 10.7. The lowest BCUT2D eigenvalue weighted by atomic mass is 9.63. The number of hydrogen-bond acceptors (Lipinski definition) is 5. The number of rotatable bonds is 6. The standard InChI is InChI=1S/C33H37BrClNO4/c1-7-12-40-28-14-22(35)21(13-27(28)39-6)29-30-23(15-32(2,3)17-25(30)37)36(20-10-8-19(34)9-11-20)24-16-33(4,5)18-26(38)31(24)29/h8-11,13-14,29H,7,12,15-18H2,1-6H3. The molecular weight excluding hydrogens is 590 g/mol. The molecule has 7 heteroatoms. The minimum Gasteiger partial charge on any atom is -0.493 e. The van der Waals surface area contributed by atoms with Crippen LogP contribution >= 0.6 is 27.5 Å². The quantitative estimate of drug-likeness (QED) is 0.321. The van der Waals surface area contributed by atoms with E-state index in [9.17, 15) is 9.59 Å². The van der Waals surface area contributed by atoms with Crippen molar-refractivity contribution in [3.05, 3.63) is 74.0 Å². The highest BCUT2D eigenvalue weighted by atomic mass is 79.9. The zero-order valence-corrected chi connectivity index (χ0v) is 26.5. The minimum atomic E-state index is -0.564. The van der Waals surface area contributed by atoms with Gasteiger partial charge in [0, 0.05) is 62.5 Å². The first kappa shape index (κ1) is 28.9. The van der Waals surface area contributed by atoms with E-state index in [1.165, 1.54) is 0 Å². The van der Waals surface area contributed by atoms with Gasteiger partial charge in [-0.05, 0) is 66.0 Å². The van der Waals surface area contributed by atoms with E-state index in [0.717, 1.165) is 28.0 Å². The zero-order valence-electron chi connectivity index (χ0n) is 24.1. The zero-order chi connectivity index (χ0) is 29.0. The van der Waals surface area contributed by atoms with Crippen molar-refractivity contribution in [2.75, 3.05) is 18.6 Å². The molecule has 5 rings (SSSR count). The molecule has 3 aliphatic rings. The molecule has 0 radical (unpaired) electrons. The van der Waals surface area contributed by atoms with Crippen molar-refractivity contribution in [3.8, 4) is 11.5 Å². The van der Waals surface area contributed by atoms with Crippen molar-refractivity contribution < 1.29 is 19.1 Å². The second-order valence-electron chi connectivity index (χ2n) is 12.7. The van der Waals surface area contributed by atoms with Crippen molar-refractivity contribution in [1.82, 2.24) is 0 Å². The smallest absolute Gasteiger partial charge is 0.162 e. The fourth-order valence-corrected chi connectivity index (χ4v) is 6.96. The van der Waals surface area contributed by atoms with Crippen molar-refractivity contribution >= 4 is 44.8 Å². The average Bonchev–Trinajstić information content (AvgIpc) is 2.86. The molecule has 0 unspecified atom stereocenters. The van der Waals surface area contributed by atoms with Crippen molar-refractivity contribution in [1.29, 1.82) is 0 Å². The molecular formula is C33H37BrClNO4. The van der Waals surface area contributed by atoms with E-state index in [1.807, 2.05) is 37.3 Å². The fraction of sp³-hybridized carbons (Fsp3) is 0.455. The Labute approximate surface area is 250 Å². The normalized spacial score (nSPS) is 20.4. The molecule has 1 heterocycles. The topological polar surface area (TPSA) is 55.8 Å². The van der Waals surface area contributed by atoms with Crippen LogP contribution in [0.2, 0.25) is 5.02 Å². The number of allylic oxidation sites excluding steroid dienone is 4. The molecule has 0 spiro atoms. The predicted molar refractivity (Wildman–Crippen MR) is 163 cm³/mol. The van der Waals surface area contributed by atoms with Crippen LogP contribution in [0.1, 0.15) is 78.2 Å². The van der Waals surface area contributed by atoms with Crippen LogP contribution in [-0.4, -0.2) is 25.3 Å². The number of Topliss-reactive ketones (excluding diaryl/α,β-unsaturated/α-hetero) is 2. The Balaban J connectivity index is 1.81. The van der Waals surface area contributed by atoms with Crippen molar-refractivity contribution in [3.63, 3.8) is 0 Å². The summed E-state index contributed by atoms with van der Waals surface area (Å²) in [6.45, 7) is 11.1. The third-order valence-corrected chi connectivity index (χ3v) is 8.91. The Morgan fingerprint density at radius 1 is 0.900 bits per heavy atom. The third kappa shape index (κ3) is 5.25. The van der Waals surface area contributed by atoms with Crippen LogP contribution in [-0.2, 0) is 9.59 Å². The number of nitrogens with zero attached hydrogens (tertiary/aromatic N) is 1. The Morgan fingerprint density at radius 3 is 1.95 bits per heavy atom. The van der Waals surface area contributed by atoms with Gasteiger partial charge in [0.1, 0.15) is 0 Å². The molecule has 2 aromatic carbocycles. The summed E-state index contributed by atoms with van der Waals surface area (Å²) in [6.07, 6.45) is 3.07. The van der Waals surface area contributed by atoms with Crippen LogP contribution in [0, 0.1) is 10.8 Å². The van der Waals surface area contributed by atoms with Gasteiger partial charge in [0.25, 0.3) is 0 Å². The summed E-state index contributed by atoms with van der Waals surface area (Å²) < 4.78 is 12.6. The second-order valence-corrected chi connectivity index (χ2v) is 14.0. The fourth-order valence-electron chi connectivity index (χ4n) is 6.43. The summed E-state index contributed by atoms with van der Waals surface area (Å²) in [7, 11) is 1.60. The van der Waals surface area contributed by atoms with Crippen LogP contribution < -0.4 is 14.4 Å². The van der Waals surface area contributed by atoms with Crippen molar-refractivity contribution in [2.24, 2.45) is 10.8 Å². The molecule has 0 saturated heterocycles. The van der Waals surface area contributed by atoms with E-state index < -0.39 is 5.92 Å². The average molecular weight is 627 g/mol. The predicted octanol–water partition coefficient (Wildman–Crippen LogP) is 8.79. The highest BCUT2D eigenvalue weighted by Gasteiger charge is 2.50. The lowest BCUT2D eigenvalue weighted by Crippen LogP contribution is -2.44. The Kier molecular flexibility index (Phi) is 7.73. The highest BCUT2D eigenvalue weighted by Crippen LogP contribution is 2.56. The third-order valence-electron chi connectivity index (χ3n) is 8.05. The Morgan fingerprint density at radius 2 is 1.45 bits per heavy atom. The molecule has 0 fully saturated rings. The number of carbonyl (C=O) groups excluding carboxylic acids is 2. The number of hydrogen-bond donors (Lipinski definition) is 0. The summed E-state index contributed by atoms with van der Waals surface area (Å²) in [5.41, 5.74) is 4.46. The first-order valence-corrected chi connectivity index (χ1v) is 15.1. The van der Waals surface area contributed by atoms with Gasteiger partial charge in [0.2, 0.25) is 0 Å². The number of halogens is 2. The van der Waals surface area contributed by atoms with Crippen molar-refractivity contribution in [2.45, 2.75) is 72.6 Å². The number of benzene rings is 2. The lowest BCUT2D eigenvalue weighted by Gasteiger charge is -2.49. The van der Waals surface area contributed by atoms with E-state index in [2.05, 4.69) is 48.5 Å². The van der Waals surface area contributed by atoms with Crippen LogP contribution in [0.4, 0.5) is 5.69 Å².